The number of carbonyl (C=O) groups is 1. The van der Waals surface area contributed by atoms with Crippen LogP contribution in [0.5, 0.6) is 0 Å². The fraction of sp³-hybridized carbons (Fsp3) is 0.600. The van der Waals surface area contributed by atoms with Crippen LogP contribution in [0.4, 0.5) is 0 Å². The summed E-state index contributed by atoms with van der Waals surface area (Å²) in [6.07, 6.45) is 6.45. The van der Waals surface area contributed by atoms with E-state index in [9.17, 15) is 4.79 Å². The average Bonchev–Trinajstić information content (AvgIpc) is 2.05. The van der Waals surface area contributed by atoms with Crippen LogP contribution in [0, 0.1) is 23.2 Å². The molecule has 0 aromatic carbocycles. The highest BCUT2D eigenvalue weighted by Gasteiger charge is 2.24. The van der Waals surface area contributed by atoms with Crippen molar-refractivity contribution in [1.29, 1.82) is 5.26 Å². The first-order valence-corrected chi connectivity index (χ1v) is 4.29. The summed E-state index contributed by atoms with van der Waals surface area (Å²) in [5.41, 5.74) is 0. The van der Waals surface area contributed by atoms with Crippen LogP contribution < -0.4 is 0 Å². The van der Waals surface area contributed by atoms with Gasteiger partial charge in [0, 0.05) is 12.3 Å². The molecule has 0 amide bonds. The normalized spacial score (nSPS) is 28.0. The van der Waals surface area contributed by atoms with E-state index in [1.807, 2.05) is 6.08 Å². The van der Waals surface area contributed by atoms with Crippen molar-refractivity contribution in [3.05, 3.63) is 12.2 Å². The van der Waals surface area contributed by atoms with Gasteiger partial charge in [0.15, 0.2) is 0 Å². The lowest BCUT2D eigenvalue weighted by molar-refractivity contribution is -0.122. The lowest BCUT2D eigenvalue weighted by atomic mass is 9.80. The van der Waals surface area contributed by atoms with Gasteiger partial charge in [0.25, 0.3) is 0 Å². The molecule has 64 valence electrons. The minimum Gasteiger partial charge on any atom is -0.300 e. The third-order valence-electron chi connectivity index (χ3n) is 2.39. The number of Topliss-reactive ketones (excluding diaryl/α,β-unsaturated/α-hetero) is 1. The fourth-order valence-electron chi connectivity index (χ4n) is 1.72. The van der Waals surface area contributed by atoms with Gasteiger partial charge in [-0.15, -0.1) is 0 Å². The van der Waals surface area contributed by atoms with Crippen LogP contribution in [0.25, 0.3) is 0 Å². The molecule has 1 aliphatic carbocycles. The molecule has 0 radical (unpaired) electrons. The third-order valence-corrected chi connectivity index (χ3v) is 2.39. The summed E-state index contributed by atoms with van der Waals surface area (Å²) >= 11 is 0. The van der Waals surface area contributed by atoms with Crippen LogP contribution in [0.15, 0.2) is 12.2 Å². The maximum Gasteiger partial charge on any atom is 0.133 e. The van der Waals surface area contributed by atoms with Crippen molar-refractivity contribution < 1.29 is 4.79 Å². The molecule has 0 spiro atoms. The minimum atomic E-state index is 0.0923. The predicted molar refractivity (Wildman–Crippen MR) is 46.3 cm³/mol. The van der Waals surface area contributed by atoms with E-state index in [1.165, 1.54) is 0 Å². The van der Waals surface area contributed by atoms with E-state index in [-0.39, 0.29) is 17.6 Å². The highest BCUT2D eigenvalue weighted by Crippen LogP contribution is 2.27. The number of nitrogens with zero attached hydrogens (tertiary/aromatic N) is 1. The molecule has 2 atom stereocenters. The number of hydrogen-bond acceptors (Lipinski definition) is 2. The van der Waals surface area contributed by atoms with Gasteiger partial charge in [-0.3, -0.25) is 4.79 Å². The number of hydrogen-bond donors (Lipinski definition) is 0. The first-order chi connectivity index (χ1) is 5.75. The summed E-state index contributed by atoms with van der Waals surface area (Å²) in [4.78, 5) is 11.1. The first kappa shape index (κ1) is 8.99. The van der Waals surface area contributed by atoms with Crippen LogP contribution in [-0.4, -0.2) is 5.78 Å². The Hall–Kier alpha value is -1.10. The van der Waals surface area contributed by atoms with E-state index in [2.05, 4.69) is 12.1 Å². The number of allylic oxidation sites excluding steroid dienone is 2. The summed E-state index contributed by atoms with van der Waals surface area (Å²) < 4.78 is 0. The summed E-state index contributed by atoms with van der Waals surface area (Å²) in [5, 5.41) is 8.52. The van der Waals surface area contributed by atoms with Crippen molar-refractivity contribution >= 4 is 5.78 Å². The third kappa shape index (κ3) is 1.94. The molecule has 0 aliphatic heterocycles. The van der Waals surface area contributed by atoms with Crippen LogP contribution in [-0.2, 0) is 4.79 Å². The molecule has 0 N–H and O–H groups in total. The molecule has 1 aliphatic rings. The minimum absolute atomic E-state index is 0.0923. The largest absolute Gasteiger partial charge is 0.300 e. The van der Waals surface area contributed by atoms with Crippen molar-refractivity contribution in [3.8, 4) is 6.07 Å². The lowest BCUT2D eigenvalue weighted by Crippen LogP contribution is -2.22. The SMILES string of the molecule is CC(=O)[C@H]1CCC=C[C@@H]1CC#N. The van der Waals surface area contributed by atoms with Crippen LogP contribution >= 0.6 is 0 Å². The van der Waals surface area contributed by atoms with Gasteiger partial charge in [-0.2, -0.15) is 5.26 Å². The van der Waals surface area contributed by atoms with E-state index < -0.39 is 0 Å². The summed E-state index contributed by atoms with van der Waals surface area (Å²) in [6, 6.07) is 2.12. The Labute approximate surface area is 72.9 Å². The maximum atomic E-state index is 11.1. The molecular weight excluding hydrogens is 150 g/mol. The number of carbonyl (C=O) groups excluding carboxylic acids is 1. The summed E-state index contributed by atoms with van der Waals surface area (Å²) in [5.74, 6) is 0.482. The van der Waals surface area contributed by atoms with Gasteiger partial charge >= 0.3 is 0 Å². The lowest BCUT2D eigenvalue weighted by Gasteiger charge is -2.22. The molecule has 2 heteroatoms. The smallest absolute Gasteiger partial charge is 0.133 e. The Kier molecular flexibility index (Phi) is 3.04. The van der Waals surface area contributed by atoms with Gasteiger partial charge in [-0.05, 0) is 25.7 Å². The molecule has 0 unspecified atom stereocenters. The monoisotopic (exact) mass is 163 g/mol. The zero-order chi connectivity index (χ0) is 8.97. The van der Waals surface area contributed by atoms with Crippen LogP contribution in [0.1, 0.15) is 26.2 Å². The molecule has 0 saturated carbocycles. The average molecular weight is 163 g/mol. The number of rotatable bonds is 2. The Balaban J connectivity index is 2.66. The second-order valence-corrected chi connectivity index (χ2v) is 3.25. The van der Waals surface area contributed by atoms with E-state index in [0.29, 0.717) is 6.42 Å². The quantitative estimate of drug-likeness (QED) is 0.585. The van der Waals surface area contributed by atoms with E-state index in [0.717, 1.165) is 12.8 Å². The van der Waals surface area contributed by atoms with Crippen LogP contribution in [0.3, 0.4) is 0 Å². The van der Waals surface area contributed by atoms with Gasteiger partial charge in [0.2, 0.25) is 0 Å². The number of ketones is 1. The Bertz CT molecular complexity index is 237. The van der Waals surface area contributed by atoms with Crippen molar-refractivity contribution in [2.75, 3.05) is 0 Å². The van der Waals surface area contributed by atoms with Crippen LogP contribution in [0.2, 0.25) is 0 Å². The number of nitriles is 1. The molecule has 12 heavy (non-hydrogen) atoms. The van der Waals surface area contributed by atoms with Crippen molar-refractivity contribution in [1.82, 2.24) is 0 Å². The molecule has 2 nitrogen and oxygen atoms in total. The molecule has 0 aromatic rings. The molecular formula is C10H13NO. The summed E-state index contributed by atoms with van der Waals surface area (Å²) in [6.45, 7) is 1.62. The topological polar surface area (TPSA) is 40.9 Å². The fourth-order valence-corrected chi connectivity index (χ4v) is 1.72. The Morgan fingerprint density at radius 2 is 2.50 bits per heavy atom. The first-order valence-electron chi connectivity index (χ1n) is 4.29. The van der Waals surface area contributed by atoms with Gasteiger partial charge in [-0.1, -0.05) is 12.2 Å². The highest BCUT2D eigenvalue weighted by atomic mass is 16.1. The Morgan fingerprint density at radius 3 is 3.08 bits per heavy atom. The molecule has 1 rings (SSSR count). The van der Waals surface area contributed by atoms with Crippen molar-refractivity contribution in [2.45, 2.75) is 26.2 Å². The molecule has 0 heterocycles. The van der Waals surface area contributed by atoms with Crippen molar-refractivity contribution in [2.24, 2.45) is 11.8 Å². The van der Waals surface area contributed by atoms with Gasteiger partial charge < -0.3 is 0 Å². The predicted octanol–water partition coefficient (Wildman–Crippen LogP) is 2.07. The standard InChI is InChI=1S/C10H13NO/c1-8(12)10-5-3-2-4-9(10)6-7-11/h2,4,9-10H,3,5-6H2,1H3/t9-,10-/m1/s1. The van der Waals surface area contributed by atoms with E-state index >= 15 is 0 Å². The second-order valence-electron chi connectivity index (χ2n) is 3.25. The molecule has 0 saturated heterocycles. The van der Waals surface area contributed by atoms with Gasteiger partial charge in [0.05, 0.1) is 6.07 Å². The Morgan fingerprint density at radius 1 is 1.75 bits per heavy atom. The van der Waals surface area contributed by atoms with Gasteiger partial charge in [-0.25, -0.2) is 0 Å². The summed E-state index contributed by atoms with van der Waals surface area (Å²) in [7, 11) is 0. The molecule has 0 fully saturated rings. The second kappa shape index (κ2) is 4.06. The molecule has 0 aromatic heterocycles. The molecule has 0 bridgehead atoms. The zero-order valence-corrected chi connectivity index (χ0v) is 7.29. The van der Waals surface area contributed by atoms with E-state index in [1.54, 1.807) is 6.92 Å². The maximum absolute atomic E-state index is 11.1. The zero-order valence-electron chi connectivity index (χ0n) is 7.29. The van der Waals surface area contributed by atoms with E-state index in [4.69, 9.17) is 5.26 Å². The highest BCUT2D eigenvalue weighted by molar-refractivity contribution is 5.79. The van der Waals surface area contributed by atoms with Gasteiger partial charge in [0.1, 0.15) is 5.78 Å². The van der Waals surface area contributed by atoms with Crippen molar-refractivity contribution in [3.63, 3.8) is 0 Å².